The molecule has 2 amide bonds. The zero-order chi connectivity index (χ0) is 16.3. The number of hydrogen-bond acceptors (Lipinski definition) is 4. The van der Waals surface area contributed by atoms with Crippen molar-refractivity contribution in [1.82, 2.24) is 30.2 Å². The van der Waals surface area contributed by atoms with Crippen LogP contribution >= 0.6 is 0 Å². The highest BCUT2D eigenvalue weighted by molar-refractivity contribution is 5.86. The number of aromatic amines is 2. The molecule has 5 rings (SSSR count). The first-order chi connectivity index (χ1) is 11.7. The Hall–Kier alpha value is -2.64. The summed E-state index contributed by atoms with van der Waals surface area (Å²) in [6.07, 6.45) is 4.91. The molecule has 2 N–H and O–H groups in total. The van der Waals surface area contributed by atoms with E-state index in [9.17, 15) is 9.59 Å². The maximum atomic E-state index is 12.6. The lowest BCUT2D eigenvalue weighted by Crippen LogP contribution is -2.45. The van der Waals surface area contributed by atoms with Crippen molar-refractivity contribution < 1.29 is 9.59 Å². The first-order valence-corrected chi connectivity index (χ1v) is 8.29. The van der Waals surface area contributed by atoms with Crippen molar-refractivity contribution in [2.45, 2.75) is 39.0 Å². The first kappa shape index (κ1) is 13.8. The van der Waals surface area contributed by atoms with Crippen LogP contribution in [0.1, 0.15) is 35.4 Å². The molecule has 8 nitrogen and oxygen atoms in total. The van der Waals surface area contributed by atoms with E-state index in [4.69, 9.17) is 0 Å². The number of nitrogens with zero attached hydrogens (tertiary/aromatic N) is 4. The Bertz CT molecular complexity index is 711. The molecule has 0 spiro atoms. The highest BCUT2D eigenvalue weighted by Gasteiger charge is 2.43. The van der Waals surface area contributed by atoms with Crippen LogP contribution in [0.2, 0.25) is 0 Å². The lowest BCUT2D eigenvalue weighted by Gasteiger charge is -2.37. The molecule has 0 radical (unpaired) electrons. The number of amides is 2. The quantitative estimate of drug-likeness (QED) is 0.842. The summed E-state index contributed by atoms with van der Waals surface area (Å²) in [6.45, 7) is 2.48. The molecule has 1 saturated carbocycles. The van der Waals surface area contributed by atoms with Crippen LogP contribution in [0.4, 0.5) is 0 Å². The van der Waals surface area contributed by atoms with E-state index in [1.807, 2.05) is 9.80 Å². The second kappa shape index (κ2) is 4.93. The van der Waals surface area contributed by atoms with Crippen LogP contribution in [-0.2, 0) is 35.8 Å². The van der Waals surface area contributed by atoms with Gasteiger partial charge in [-0.3, -0.25) is 19.8 Å². The highest BCUT2D eigenvalue weighted by atomic mass is 16.2. The fourth-order valence-electron chi connectivity index (χ4n) is 3.98. The Balaban J connectivity index is 1.16. The third-order valence-electron chi connectivity index (χ3n) is 5.50. The zero-order valence-corrected chi connectivity index (χ0v) is 13.2. The number of aromatic nitrogens is 4. The Morgan fingerprint density at radius 3 is 1.71 bits per heavy atom. The van der Waals surface area contributed by atoms with Gasteiger partial charge in [-0.25, -0.2) is 0 Å². The fourth-order valence-corrected chi connectivity index (χ4v) is 3.98. The minimum Gasteiger partial charge on any atom is -0.332 e. The van der Waals surface area contributed by atoms with Crippen LogP contribution in [0.5, 0.6) is 0 Å². The van der Waals surface area contributed by atoms with Crippen molar-refractivity contribution in [2.24, 2.45) is 11.8 Å². The number of hydrogen-bond donors (Lipinski definition) is 2. The van der Waals surface area contributed by atoms with Crippen molar-refractivity contribution in [1.29, 1.82) is 0 Å². The van der Waals surface area contributed by atoms with Crippen LogP contribution in [-0.4, -0.2) is 42.0 Å². The number of carbonyl (C=O) groups excluding carboxylic acids is 2. The standard InChI is InChI=1S/C16H18N6O2/c23-15(21-5-11-3-17-19-13(11)7-21)9-1-10(2-9)16(24)22-6-12-4-18-20-14(12)8-22/h3-4,9-10H,1-2,5-8H2,(H,17,19)(H,18,20). The molecule has 8 heteroatoms. The van der Waals surface area contributed by atoms with Crippen molar-refractivity contribution in [3.05, 3.63) is 34.9 Å². The average molecular weight is 326 g/mol. The molecular weight excluding hydrogens is 308 g/mol. The van der Waals surface area contributed by atoms with E-state index in [2.05, 4.69) is 20.4 Å². The molecule has 2 aromatic rings. The van der Waals surface area contributed by atoms with Crippen molar-refractivity contribution >= 4 is 11.8 Å². The third kappa shape index (κ3) is 1.98. The molecule has 4 heterocycles. The van der Waals surface area contributed by atoms with Gasteiger partial charge in [0.15, 0.2) is 0 Å². The van der Waals surface area contributed by atoms with Gasteiger partial charge in [-0.15, -0.1) is 0 Å². The third-order valence-corrected chi connectivity index (χ3v) is 5.50. The molecule has 0 aromatic carbocycles. The van der Waals surface area contributed by atoms with Gasteiger partial charge in [0.05, 0.1) is 36.9 Å². The van der Waals surface area contributed by atoms with E-state index >= 15 is 0 Å². The Kier molecular flexibility index (Phi) is 2.83. The predicted octanol–water partition coefficient (Wildman–Crippen LogP) is 0.544. The van der Waals surface area contributed by atoms with Crippen LogP contribution in [0.3, 0.4) is 0 Å². The van der Waals surface area contributed by atoms with E-state index in [-0.39, 0.29) is 23.7 Å². The SMILES string of the molecule is O=C(C1CC(C(=O)N2Cc3cn[nH]c3C2)C1)N1Cc2cn[nH]c2C1. The van der Waals surface area contributed by atoms with Gasteiger partial charge in [0.25, 0.3) is 0 Å². The van der Waals surface area contributed by atoms with E-state index < -0.39 is 0 Å². The molecule has 124 valence electrons. The molecule has 1 aliphatic carbocycles. The average Bonchev–Trinajstić information content (AvgIpc) is 3.24. The molecule has 0 atom stereocenters. The number of H-pyrrole nitrogens is 2. The largest absolute Gasteiger partial charge is 0.332 e. The number of fused-ring (bicyclic) bond motifs is 2. The Morgan fingerprint density at radius 2 is 1.29 bits per heavy atom. The Labute approximate surface area is 138 Å². The summed E-state index contributed by atoms with van der Waals surface area (Å²) in [5, 5.41) is 13.8. The summed E-state index contributed by atoms with van der Waals surface area (Å²) in [5.41, 5.74) is 4.26. The number of carbonyl (C=O) groups is 2. The summed E-state index contributed by atoms with van der Waals surface area (Å²) in [5.74, 6) is 0.301. The minimum absolute atomic E-state index is 0.0157. The van der Waals surface area contributed by atoms with Crippen LogP contribution in [0, 0.1) is 11.8 Å². The van der Waals surface area contributed by atoms with Crippen LogP contribution in [0.15, 0.2) is 12.4 Å². The first-order valence-electron chi connectivity index (χ1n) is 8.29. The zero-order valence-electron chi connectivity index (χ0n) is 13.2. The van der Waals surface area contributed by atoms with E-state index in [0.29, 0.717) is 39.0 Å². The summed E-state index contributed by atoms with van der Waals surface area (Å²) in [4.78, 5) is 28.9. The van der Waals surface area contributed by atoms with Gasteiger partial charge >= 0.3 is 0 Å². The molecule has 1 fully saturated rings. The van der Waals surface area contributed by atoms with Crippen molar-refractivity contribution in [3.8, 4) is 0 Å². The van der Waals surface area contributed by atoms with Gasteiger partial charge in [-0.05, 0) is 12.8 Å². The van der Waals surface area contributed by atoms with Gasteiger partial charge in [0.2, 0.25) is 11.8 Å². The number of rotatable bonds is 2. The second-order valence-electron chi connectivity index (χ2n) is 7.00. The number of nitrogens with one attached hydrogen (secondary N) is 2. The van der Waals surface area contributed by atoms with Gasteiger partial charge in [0, 0.05) is 36.1 Å². The van der Waals surface area contributed by atoms with Gasteiger partial charge < -0.3 is 9.80 Å². The van der Waals surface area contributed by atoms with E-state index in [1.165, 1.54) is 0 Å². The topological polar surface area (TPSA) is 98.0 Å². The lowest BCUT2D eigenvalue weighted by atomic mass is 9.73. The van der Waals surface area contributed by atoms with Crippen molar-refractivity contribution in [2.75, 3.05) is 0 Å². The van der Waals surface area contributed by atoms with Gasteiger partial charge in [-0.2, -0.15) is 10.2 Å². The molecule has 0 bridgehead atoms. The van der Waals surface area contributed by atoms with E-state index in [0.717, 1.165) is 22.5 Å². The normalized spacial score (nSPS) is 24.7. The minimum atomic E-state index is -0.0157. The van der Waals surface area contributed by atoms with Gasteiger partial charge in [0.1, 0.15) is 0 Å². The molecule has 2 aromatic heterocycles. The van der Waals surface area contributed by atoms with Crippen molar-refractivity contribution in [3.63, 3.8) is 0 Å². The van der Waals surface area contributed by atoms with Crippen LogP contribution in [0.25, 0.3) is 0 Å². The van der Waals surface area contributed by atoms with E-state index in [1.54, 1.807) is 12.4 Å². The summed E-state index contributed by atoms with van der Waals surface area (Å²) >= 11 is 0. The summed E-state index contributed by atoms with van der Waals surface area (Å²) in [7, 11) is 0. The highest BCUT2D eigenvalue weighted by Crippen LogP contribution is 2.39. The molecule has 2 aliphatic heterocycles. The molecule has 3 aliphatic rings. The lowest BCUT2D eigenvalue weighted by molar-refractivity contribution is -0.148. The summed E-state index contributed by atoms with van der Waals surface area (Å²) in [6, 6.07) is 0. The molecule has 24 heavy (non-hydrogen) atoms. The molecular formula is C16H18N6O2. The predicted molar refractivity (Wildman–Crippen MR) is 81.9 cm³/mol. The Morgan fingerprint density at radius 1 is 0.833 bits per heavy atom. The monoisotopic (exact) mass is 326 g/mol. The smallest absolute Gasteiger partial charge is 0.226 e. The van der Waals surface area contributed by atoms with Crippen LogP contribution < -0.4 is 0 Å². The molecule has 0 unspecified atom stereocenters. The maximum absolute atomic E-state index is 12.6. The maximum Gasteiger partial charge on any atom is 0.226 e. The summed E-state index contributed by atoms with van der Waals surface area (Å²) < 4.78 is 0. The molecule has 0 saturated heterocycles. The fraction of sp³-hybridized carbons (Fsp3) is 0.500. The van der Waals surface area contributed by atoms with Gasteiger partial charge in [-0.1, -0.05) is 0 Å². The second-order valence-corrected chi connectivity index (χ2v) is 7.00.